The number of nitrogens with zero attached hydrogens (tertiary/aromatic N) is 2. The summed E-state index contributed by atoms with van der Waals surface area (Å²) in [5.74, 6) is 2.04. The monoisotopic (exact) mass is 428 g/mol. The molecule has 1 saturated heterocycles. The van der Waals surface area contributed by atoms with Crippen LogP contribution < -0.4 is 5.73 Å². The third-order valence-corrected chi connectivity index (χ3v) is 7.09. The lowest BCUT2D eigenvalue weighted by Gasteiger charge is -2.19. The lowest BCUT2D eigenvalue weighted by atomic mass is 9.98. The Morgan fingerprint density at radius 1 is 1.14 bits per heavy atom. The van der Waals surface area contributed by atoms with Crippen molar-refractivity contribution in [3.05, 3.63) is 59.7 Å². The topological polar surface area (TPSA) is 75.0 Å². The van der Waals surface area contributed by atoms with Crippen molar-refractivity contribution in [1.82, 2.24) is 14.9 Å². The molecule has 1 amide bonds. The molecular formula is C22H25ClN4OS. The van der Waals surface area contributed by atoms with Crippen molar-refractivity contribution < 1.29 is 4.79 Å². The highest BCUT2D eigenvalue weighted by atomic mass is 35.5. The second-order valence-corrected chi connectivity index (χ2v) is 8.88. The van der Waals surface area contributed by atoms with E-state index in [9.17, 15) is 4.79 Å². The zero-order valence-electron chi connectivity index (χ0n) is 16.1. The molecule has 2 fully saturated rings. The summed E-state index contributed by atoms with van der Waals surface area (Å²) in [4.78, 5) is 22.8. The van der Waals surface area contributed by atoms with E-state index >= 15 is 0 Å². The van der Waals surface area contributed by atoms with Gasteiger partial charge in [-0.15, -0.1) is 12.4 Å². The molecule has 2 aliphatic rings. The summed E-state index contributed by atoms with van der Waals surface area (Å²) in [6.07, 6.45) is 2.27. The van der Waals surface area contributed by atoms with E-state index in [0.717, 1.165) is 53.4 Å². The summed E-state index contributed by atoms with van der Waals surface area (Å²) >= 11 is 1.67. The summed E-state index contributed by atoms with van der Waals surface area (Å²) in [6, 6.07) is 16.3. The van der Waals surface area contributed by atoms with Crippen LogP contribution >= 0.6 is 24.2 Å². The van der Waals surface area contributed by atoms with Gasteiger partial charge in [-0.3, -0.25) is 4.79 Å². The number of nitrogens with one attached hydrogen (secondary N) is 1. The standard InChI is InChI=1S/C22H24N4OS.ClH/c23-18-10-9-16-11-26(12-17(16)18)21(27)15-7-5-14(6-8-15)13-28-22-24-19-3-1-2-4-20(19)25-22;/h1-8,16-18H,9-13,23H2,(H,24,25);1H. The van der Waals surface area contributed by atoms with Crippen LogP contribution in [-0.2, 0) is 5.75 Å². The first-order chi connectivity index (χ1) is 13.7. The second-order valence-electron chi connectivity index (χ2n) is 7.92. The number of thioether (sulfide) groups is 1. The minimum absolute atomic E-state index is 0. The van der Waals surface area contributed by atoms with Gasteiger partial charge in [0.1, 0.15) is 0 Å². The van der Waals surface area contributed by atoms with Gasteiger partial charge in [-0.1, -0.05) is 36.0 Å². The molecule has 0 spiro atoms. The Hall–Kier alpha value is -2.02. The zero-order valence-corrected chi connectivity index (χ0v) is 17.7. The maximum atomic E-state index is 12.8. The molecular weight excluding hydrogens is 404 g/mol. The Morgan fingerprint density at radius 2 is 1.93 bits per heavy atom. The van der Waals surface area contributed by atoms with E-state index in [2.05, 4.69) is 9.97 Å². The second kappa shape index (κ2) is 8.38. The number of likely N-dealkylation sites (tertiary alicyclic amines) is 1. The highest BCUT2D eigenvalue weighted by molar-refractivity contribution is 7.98. The van der Waals surface area contributed by atoms with E-state index < -0.39 is 0 Å². The van der Waals surface area contributed by atoms with Gasteiger partial charge in [-0.25, -0.2) is 4.98 Å². The molecule has 1 aliphatic carbocycles. The Morgan fingerprint density at radius 3 is 2.69 bits per heavy atom. The van der Waals surface area contributed by atoms with Crippen LogP contribution in [0.3, 0.4) is 0 Å². The predicted molar refractivity (Wildman–Crippen MR) is 119 cm³/mol. The van der Waals surface area contributed by atoms with Gasteiger partial charge in [-0.05, 0) is 54.5 Å². The molecule has 0 bridgehead atoms. The number of aromatic amines is 1. The van der Waals surface area contributed by atoms with Crippen molar-refractivity contribution in [2.24, 2.45) is 17.6 Å². The van der Waals surface area contributed by atoms with Crippen LogP contribution in [0.15, 0.2) is 53.7 Å². The van der Waals surface area contributed by atoms with E-state index in [1.54, 1.807) is 11.8 Å². The van der Waals surface area contributed by atoms with Crippen LogP contribution in [0, 0.1) is 11.8 Å². The number of para-hydroxylation sites is 2. The quantitative estimate of drug-likeness (QED) is 0.614. The zero-order chi connectivity index (χ0) is 19.1. The minimum Gasteiger partial charge on any atom is -0.338 e. The maximum Gasteiger partial charge on any atom is 0.253 e. The molecule has 7 heteroatoms. The SMILES string of the molecule is Cl.NC1CCC2CN(C(=O)c3ccc(CSc4nc5ccccc5[nH]4)cc3)CC12. The van der Waals surface area contributed by atoms with Crippen LogP contribution in [0.2, 0.25) is 0 Å². The normalized spacial score (nSPS) is 23.2. The number of halogens is 1. The molecule has 2 heterocycles. The van der Waals surface area contributed by atoms with E-state index in [0.29, 0.717) is 11.8 Å². The molecule has 152 valence electrons. The fourth-order valence-electron chi connectivity index (χ4n) is 4.55. The first-order valence-electron chi connectivity index (χ1n) is 9.89. The minimum atomic E-state index is 0. The van der Waals surface area contributed by atoms with Crippen molar-refractivity contribution in [2.45, 2.75) is 29.8 Å². The van der Waals surface area contributed by atoms with E-state index in [4.69, 9.17) is 5.73 Å². The third kappa shape index (κ3) is 4.02. The Balaban J connectivity index is 0.00000205. The summed E-state index contributed by atoms with van der Waals surface area (Å²) in [5.41, 5.74) is 10.2. The molecule has 2 aromatic carbocycles. The summed E-state index contributed by atoms with van der Waals surface area (Å²) in [5, 5.41) is 0.918. The van der Waals surface area contributed by atoms with Gasteiger partial charge in [0.15, 0.2) is 5.16 Å². The van der Waals surface area contributed by atoms with E-state index in [-0.39, 0.29) is 24.4 Å². The molecule has 5 nitrogen and oxygen atoms in total. The number of fused-ring (bicyclic) bond motifs is 2. The molecule has 3 atom stereocenters. The van der Waals surface area contributed by atoms with Crippen LogP contribution in [0.1, 0.15) is 28.8 Å². The molecule has 3 N–H and O–H groups in total. The predicted octanol–water partition coefficient (Wildman–Crippen LogP) is 4.09. The number of hydrogen-bond donors (Lipinski definition) is 2. The van der Waals surface area contributed by atoms with Crippen LogP contribution in [0.5, 0.6) is 0 Å². The molecule has 3 aromatic rings. The summed E-state index contributed by atoms with van der Waals surface area (Å²) in [6.45, 7) is 1.68. The largest absolute Gasteiger partial charge is 0.338 e. The first-order valence-corrected chi connectivity index (χ1v) is 10.9. The molecule has 0 radical (unpaired) electrons. The Kier molecular flexibility index (Phi) is 5.86. The number of nitrogens with two attached hydrogens (primary N) is 1. The number of imidazole rings is 1. The number of rotatable bonds is 4. The van der Waals surface area contributed by atoms with Crippen molar-refractivity contribution >= 4 is 41.1 Å². The number of hydrogen-bond acceptors (Lipinski definition) is 4. The first kappa shape index (κ1) is 20.3. The summed E-state index contributed by atoms with van der Waals surface area (Å²) < 4.78 is 0. The molecule has 1 aliphatic heterocycles. The molecule has 1 aromatic heterocycles. The van der Waals surface area contributed by atoms with Gasteiger partial charge >= 0.3 is 0 Å². The number of H-pyrrole nitrogens is 1. The third-order valence-electron chi connectivity index (χ3n) is 6.14. The number of carbonyl (C=O) groups is 1. The fraction of sp³-hybridized carbons (Fsp3) is 0.364. The average Bonchev–Trinajstić information content (AvgIpc) is 3.41. The molecule has 1 saturated carbocycles. The highest BCUT2D eigenvalue weighted by Gasteiger charge is 2.42. The fourth-order valence-corrected chi connectivity index (χ4v) is 5.39. The van der Waals surface area contributed by atoms with Crippen LogP contribution in [0.4, 0.5) is 0 Å². The Bertz CT molecular complexity index is 972. The smallest absolute Gasteiger partial charge is 0.253 e. The van der Waals surface area contributed by atoms with Gasteiger partial charge in [0, 0.05) is 30.4 Å². The van der Waals surface area contributed by atoms with Gasteiger partial charge in [-0.2, -0.15) is 0 Å². The maximum absolute atomic E-state index is 12.8. The van der Waals surface area contributed by atoms with Gasteiger partial charge in [0.2, 0.25) is 0 Å². The van der Waals surface area contributed by atoms with Crippen molar-refractivity contribution in [3.63, 3.8) is 0 Å². The average molecular weight is 429 g/mol. The molecule has 29 heavy (non-hydrogen) atoms. The van der Waals surface area contributed by atoms with Crippen LogP contribution in [-0.4, -0.2) is 39.9 Å². The van der Waals surface area contributed by atoms with Crippen molar-refractivity contribution in [1.29, 1.82) is 0 Å². The lowest BCUT2D eigenvalue weighted by Crippen LogP contribution is -2.33. The Labute approximate surface area is 180 Å². The van der Waals surface area contributed by atoms with Crippen LogP contribution in [0.25, 0.3) is 11.0 Å². The van der Waals surface area contributed by atoms with Gasteiger partial charge < -0.3 is 15.6 Å². The van der Waals surface area contributed by atoms with Crippen molar-refractivity contribution in [3.8, 4) is 0 Å². The number of aromatic nitrogens is 2. The number of benzene rings is 2. The van der Waals surface area contributed by atoms with Gasteiger partial charge in [0.25, 0.3) is 5.91 Å². The number of carbonyl (C=O) groups excluding carboxylic acids is 1. The lowest BCUT2D eigenvalue weighted by molar-refractivity contribution is 0.0779. The van der Waals surface area contributed by atoms with Crippen molar-refractivity contribution in [2.75, 3.05) is 13.1 Å². The van der Waals surface area contributed by atoms with E-state index in [1.165, 1.54) is 5.56 Å². The highest BCUT2D eigenvalue weighted by Crippen LogP contribution is 2.37. The number of amides is 1. The van der Waals surface area contributed by atoms with Gasteiger partial charge in [0.05, 0.1) is 11.0 Å². The molecule has 3 unspecified atom stereocenters. The summed E-state index contributed by atoms with van der Waals surface area (Å²) in [7, 11) is 0. The molecule has 5 rings (SSSR count). The van der Waals surface area contributed by atoms with E-state index in [1.807, 2.05) is 53.4 Å².